The number of rotatable bonds is 3. The van der Waals surface area contributed by atoms with E-state index in [1.807, 2.05) is 0 Å². The third kappa shape index (κ3) is 4.73. The minimum absolute atomic E-state index is 0.128. The van der Waals surface area contributed by atoms with Crippen molar-refractivity contribution < 1.29 is 27.5 Å². The minimum Gasteiger partial charge on any atom is -0.406 e. The summed E-state index contributed by atoms with van der Waals surface area (Å²) in [5, 5.41) is 2.14. The molecule has 0 fully saturated rings. The van der Waals surface area contributed by atoms with Crippen LogP contribution in [0, 0.1) is 0 Å². The van der Waals surface area contributed by atoms with Gasteiger partial charge in [0.2, 0.25) is 0 Å². The van der Waals surface area contributed by atoms with Gasteiger partial charge in [0.05, 0.1) is 0 Å². The SMILES string of the molecule is NC(=O)C(=O)NCc1cccc(OC(F)(F)F)c1. The smallest absolute Gasteiger partial charge is 0.406 e. The van der Waals surface area contributed by atoms with Crippen LogP contribution in [-0.4, -0.2) is 18.2 Å². The summed E-state index contributed by atoms with van der Waals surface area (Å²) in [6.45, 7) is -0.128. The number of hydrogen-bond acceptors (Lipinski definition) is 3. The van der Waals surface area contributed by atoms with E-state index in [2.05, 4.69) is 15.8 Å². The van der Waals surface area contributed by atoms with Gasteiger partial charge in [-0.1, -0.05) is 12.1 Å². The van der Waals surface area contributed by atoms with Crippen molar-refractivity contribution in [1.29, 1.82) is 0 Å². The van der Waals surface area contributed by atoms with Gasteiger partial charge < -0.3 is 15.8 Å². The number of halogens is 3. The summed E-state index contributed by atoms with van der Waals surface area (Å²) >= 11 is 0. The molecule has 18 heavy (non-hydrogen) atoms. The molecule has 0 aliphatic carbocycles. The first-order valence-corrected chi connectivity index (χ1v) is 4.70. The Morgan fingerprint density at radius 1 is 1.33 bits per heavy atom. The number of amides is 2. The van der Waals surface area contributed by atoms with Crippen molar-refractivity contribution in [2.24, 2.45) is 5.73 Å². The molecule has 2 amide bonds. The van der Waals surface area contributed by atoms with Crippen LogP contribution in [0.2, 0.25) is 0 Å². The number of benzene rings is 1. The number of hydrogen-bond donors (Lipinski definition) is 2. The highest BCUT2D eigenvalue weighted by Gasteiger charge is 2.31. The largest absolute Gasteiger partial charge is 0.573 e. The van der Waals surface area contributed by atoms with Crippen LogP contribution >= 0.6 is 0 Å². The summed E-state index contributed by atoms with van der Waals surface area (Å²) in [7, 11) is 0. The predicted octanol–water partition coefficient (Wildman–Crippen LogP) is 0.687. The van der Waals surface area contributed by atoms with Crippen LogP contribution in [0.5, 0.6) is 5.75 Å². The maximum atomic E-state index is 11.9. The van der Waals surface area contributed by atoms with Crippen LogP contribution in [0.15, 0.2) is 24.3 Å². The van der Waals surface area contributed by atoms with Gasteiger partial charge in [-0.15, -0.1) is 13.2 Å². The fourth-order valence-corrected chi connectivity index (χ4v) is 1.12. The zero-order chi connectivity index (χ0) is 13.8. The minimum atomic E-state index is -4.78. The Bertz CT molecular complexity index is 460. The lowest BCUT2D eigenvalue weighted by Crippen LogP contribution is -2.35. The number of nitrogens with one attached hydrogen (secondary N) is 1. The lowest BCUT2D eigenvalue weighted by Gasteiger charge is -2.10. The van der Waals surface area contributed by atoms with E-state index >= 15 is 0 Å². The molecule has 0 unspecified atom stereocenters. The zero-order valence-electron chi connectivity index (χ0n) is 8.95. The van der Waals surface area contributed by atoms with Crippen LogP contribution in [-0.2, 0) is 16.1 Å². The zero-order valence-corrected chi connectivity index (χ0v) is 8.95. The molecule has 0 spiro atoms. The molecule has 0 aliphatic rings. The number of nitrogens with two attached hydrogens (primary N) is 1. The summed E-state index contributed by atoms with van der Waals surface area (Å²) in [5.74, 6) is -2.59. The van der Waals surface area contributed by atoms with Crippen molar-refractivity contribution in [3.8, 4) is 5.75 Å². The highest BCUT2D eigenvalue weighted by Crippen LogP contribution is 2.23. The Morgan fingerprint density at radius 3 is 2.56 bits per heavy atom. The summed E-state index contributed by atoms with van der Waals surface area (Å²) < 4.78 is 39.5. The molecule has 0 saturated carbocycles. The van der Waals surface area contributed by atoms with E-state index in [0.717, 1.165) is 12.1 Å². The molecule has 0 saturated heterocycles. The van der Waals surface area contributed by atoms with Crippen LogP contribution in [0.4, 0.5) is 13.2 Å². The maximum Gasteiger partial charge on any atom is 0.573 e. The van der Waals surface area contributed by atoms with E-state index in [4.69, 9.17) is 0 Å². The summed E-state index contributed by atoms with van der Waals surface area (Å²) in [4.78, 5) is 21.2. The van der Waals surface area contributed by atoms with Gasteiger partial charge in [0.25, 0.3) is 0 Å². The van der Waals surface area contributed by atoms with E-state index < -0.39 is 23.9 Å². The highest BCUT2D eigenvalue weighted by atomic mass is 19.4. The van der Waals surface area contributed by atoms with Crippen LogP contribution in [0.3, 0.4) is 0 Å². The second kappa shape index (κ2) is 5.39. The number of primary amides is 1. The fourth-order valence-electron chi connectivity index (χ4n) is 1.12. The van der Waals surface area contributed by atoms with Crippen molar-refractivity contribution in [2.45, 2.75) is 12.9 Å². The number of carbonyl (C=O) groups excluding carboxylic acids is 2. The molecule has 1 aromatic rings. The average molecular weight is 262 g/mol. The Labute approximate surface area is 99.7 Å². The van der Waals surface area contributed by atoms with Gasteiger partial charge in [-0.05, 0) is 17.7 Å². The average Bonchev–Trinajstić information content (AvgIpc) is 2.23. The molecule has 98 valence electrons. The van der Waals surface area contributed by atoms with E-state index in [1.54, 1.807) is 0 Å². The quantitative estimate of drug-likeness (QED) is 0.786. The van der Waals surface area contributed by atoms with Crippen LogP contribution in [0.25, 0.3) is 0 Å². The Morgan fingerprint density at radius 2 is 2.00 bits per heavy atom. The van der Waals surface area contributed by atoms with Gasteiger partial charge >= 0.3 is 18.2 Å². The first-order valence-electron chi connectivity index (χ1n) is 4.70. The summed E-state index contributed by atoms with van der Waals surface area (Å²) in [5.41, 5.74) is 5.03. The molecule has 1 aromatic carbocycles. The Hall–Kier alpha value is -2.25. The van der Waals surface area contributed by atoms with Gasteiger partial charge in [0, 0.05) is 6.54 Å². The number of ether oxygens (including phenoxy) is 1. The molecule has 8 heteroatoms. The first kappa shape index (κ1) is 13.8. The molecular weight excluding hydrogens is 253 g/mol. The molecule has 0 radical (unpaired) electrons. The van der Waals surface area contributed by atoms with Gasteiger partial charge in [-0.25, -0.2) is 0 Å². The van der Waals surface area contributed by atoms with Crippen LogP contribution < -0.4 is 15.8 Å². The predicted molar refractivity (Wildman–Crippen MR) is 54.2 cm³/mol. The molecule has 0 aromatic heterocycles. The third-order valence-corrected chi connectivity index (χ3v) is 1.81. The molecule has 0 aliphatic heterocycles. The monoisotopic (exact) mass is 262 g/mol. The molecule has 1 rings (SSSR count). The van der Waals surface area contributed by atoms with E-state index in [1.165, 1.54) is 12.1 Å². The van der Waals surface area contributed by atoms with Crippen molar-refractivity contribution in [1.82, 2.24) is 5.32 Å². The number of carbonyl (C=O) groups is 2. The normalized spacial score (nSPS) is 10.8. The van der Waals surface area contributed by atoms with E-state index in [0.29, 0.717) is 5.56 Å². The van der Waals surface area contributed by atoms with E-state index in [9.17, 15) is 22.8 Å². The standard InChI is InChI=1S/C10H9F3N2O3/c11-10(12,13)18-7-3-1-2-6(4-7)5-15-9(17)8(14)16/h1-4H,5H2,(H2,14,16)(H,15,17). The van der Waals surface area contributed by atoms with Crippen molar-refractivity contribution in [3.05, 3.63) is 29.8 Å². The summed E-state index contributed by atoms with van der Waals surface area (Å²) in [6.07, 6.45) is -4.78. The summed E-state index contributed by atoms with van der Waals surface area (Å²) in [6, 6.07) is 5.00. The molecule has 0 heterocycles. The molecule has 0 bridgehead atoms. The molecule has 5 nitrogen and oxygen atoms in total. The topological polar surface area (TPSA) is 81.4 Å². The van der Waals surface area contributed by atoms with Gasteiger partial charge in [0.1, 0.15) is 5.75 Å². The third-order valence-electron chi connectivity index (χ3n) is 1.81. The van der Waals surface area contributed by atoms with Crippen LogP contribution in [0.1, 0.15) is 5.56 Å². The second-order valence-corrected chi connectivity index (χ2v) is 3.24. The second-order valence-electron chi connectivity index (χ2n) is 3.24. The molecule has 0 atom stereocenters. The lowest BCUT2D eigenvalue weighted by atomic mass is 10.2. The van der Waals surface area contributed by atoms with Gasteiger partial charge in [-0.2, -0.15) is 0 Å². The maximum absolute atomic E-state index is 11.9. The van der Waals surface area contributed by atoms with Crippen molar-refractivity contribution in [3.63, 3.8) is 0 Å². The number of alkyl halides is 3. The fraction of sp³-hybridized carbons (Fsp3) is 0.200. The Balaban J connectivity index is 2.65. The first-order chi connectivity index (χ1) is 8.28. The van der Waals surface area contributed by atoms with Gasteiger partial charge in [-0.3, -0.25) is 9.59 Å². The van der Waals surface area contributed by atoms with Gasteiger partial charge in [0.15, 0.2) is 0 Å². The molecule has 3 N–H and O–H groups in total. The van der Waals surface area contributed by atoms with Crippen molar-refractivity contribution in [2.75, 3.05) is 0 Å². The van der Waals surface area contributed by atoms with Crippen molar-refractivity contribution >= 4 is 11.8 Å². The lowest BCUT2D eigenvalue weighted by molar-refractivity contribution is -0.274. The van der Waals surface area contributed by atoms with E-state index in [-0.39, 0.29) is 6.54 Å². The Kier molecular flexibility index (Phi) is 4.13. The highest BCUT2D eigenvalue weighted by molar-refractivity contribution is 6.34. The molecular formula is C10H9F3N2O3.